The number of ether oxygens (including phenoxy) is 4. The van der Waals surface area contributed by atoms with Crippen LogP contribution in [0.2, 0.25) is 0 Å². The Hall–Kier alpha value is -3.12. The van der Waals surface area contributed by atoms with E-state index in [4.69, 9.17) is 18.9 Å². The molecule has 0 fully saturated rings. The van der Waals surface area contributed by atoms with Gasteiger partial charge in [-0.3, -0.25) is 4.79 Å². The van der Waals surface area contributed by atoms with Gasteiger partial charge in [-0.1, -0.05) is 42.5 Å². The van der Waals surface area contributed by atoms with Crippen molar-refractivity contribution >= 4 is 11.9 Å². The molecular formula is C22H22O6. The number of carbonyl (C=O) groups excluding carboxylic acids is 2. The summed E-state index contributed by atoms with van der Waals surface area (Å²) < 4.78 is 21.3. The molecule has 2 aromatic rings. The van der Waals surface area contributed by atoms with Crippen LogP contribution in [0.1, 0.15) is 25.0 Å². The predicted molar refractivity (Wildman–Crippen MR) is 102 cm³/mol. The Morgan fingerprint density at radius 3 is 2.50 bits per heavy atom. The van der Waals surface area contributed by atoms with Crippen molar-refractivity contribution in [3.63, 3.8) is 0 Å². The van der Waals surface area contributed by atoms with Crippen LogP contribution in [-0.4, -0.2) is 24.8 Å². The normalized spacial score (nSPS) is 21.2. The second-order valence-electron chi connectivity index (χ2n) is 6.34. The maximum atomic E-state index is 12.5. The molecule has 0 spiro atoms. The minimum atomic E-state index is -1.27. The first kappa shape index (κ1) is 19.6. The van der Waals surface area contributed by atoms with Crippen LogP contribution >= 0.6 is 0 Å². The average Bonchev–Trinajstić information content (AvgIpc) is 2.70. The number of benzene rings is 2. The number of rotatable bonds is 6. The lowest BCUT2D eigenvalue weighted by molar-refractivity contribution is -0.182. The topological polar surface area (TPSA) is 71.1 Å². The van der Waals surface area contributed by atoms with E-state index in [1.807, 2.05) is 30.3 Å². The Labute approximate surface area is 163 Å². The summed E-state index contributed by atoms with van der Waals surface area (Å²) in [5.74, 6) is 0.434. The SMILES string of the molecule is CCOC(=O)OC1C=CC(=O)C(C)(c2ccc(OCc3ccccc3)cc2)O1. The zero-order chi connectivity index (χ0) is 20.0. The minimum Gasteiger partial charge on any atom is -0.489 e. The van der Waals surface area contributed by atoms with Crippen LogP contribution in [0.25, 0.3) is 0 Å². The molecule has 1 heterocycles. The first-order valence-electron chi connectivity index (χ1n) is 9.02. The molecule has 2 atom stereocenters. The van der Waals surface area contributed by atoms with Gasteiger partial charge in [0.25, 0.3) is 0 Å². The summed E-state index contributed by atoms with van der Waals surface area (Å²) in [4.78, 5) is 24.0. The van der Waals surface area contributed by atoms with E-state index in [-0.39, 0.29) is 12.4 Å². The number of hydrogen-bond donors (Lipinski definition) is 0. The molecule has 0 amide bonds. The third kappa shape index (κ3) is 4.58. The fourth-order valence-corrected chi connectivity index (χ4v) is 2.79. The quantitative estimate of drug-likeness (QED) is 0.700. The van der Waals surface area contributed by atoms with Crippen LogP contribution in [0.3, 0.4) is 0 Å². The molecule has 0 N–H and O–H groups in total. The van der Waals surface area contributed by atoms with Gasteiger partial charge in [0.2, 0.25) is 6.29 Å². The van der Waals surface area contributed by atoms with E-state index in [0.29, 0.717) is 17.9 Å². The highest BCUT2D eigenvalue weighted by molar-refractivity contribution is 5.98. The Bertz CT molecular complexity index is 843. The van der Waals surface area contributed by atoms with E-state index in [2.05, 4.69) is 0 Å². The Morgan fingerprint density at radius 1 is 1.11 bits per heavy atom. The van der Waals surface area contributed by atoms with E-state index in [1.165, 1.54) is 12.2 Å². The Kier molecular flexibility index (Phi) is 6.11. The molecule has 28 heavy (non-hydrogen) atoms. The molecule has 0 aromatic heterocycles. The third-order valence-electron chi connectivity index (χ3n) is 4.35. The summed E-state index contributed by atoms with van der Waals surface area (Å²) in [6.07, 6.45) is 0.889. The summed E-state index contributed by atoms with van der Waals surface area (Å²) in [5.41, 5.74) is 0.420. The molecule has 1 aliphatic rings. The van der Waals surface area contributed by atoms with Crippen LogP contribution in [0.4, 0.5) is 4.79 Å². The minimum absolute atomic E-state index is 0.190. The van der Waals surface area contributed by atoms with E-state index < -0.39 is 18.0 Å². The lowest BCUT2D eigenvalue weighted by atomic mass is 9.89. The van der Waals surface area contributed by atoms with Crippen molar-refractivity contribution in [3.8, 4) is 5.75 Å². The van der Waals surface area contributed by atoms with Crippen molar-refractivity contribution in [1.82, 2.24) is 0 Å². The Morgan fingerprint density at radius 2 is 1.82 bits per heavy atom. The zero-order valence-corrected chi connectivity index (χ0v) is 15.8. The highest BCUT2D eigenvalue weighted by atomic mass is 16.8. The van der Waals surface area contributed by atoms with Crippen molar-refractivity contribution in [2.24, 2.45) is 0 Å². The van der Waals surface area contributed by atoms with Crippen LogP contribution in [0.5, 0.6) is 5.75 Å². The van der Waals surface area contributed by atoms with Crippen LogP contribution in [-0.2, 0) is 31.2 Å². The van der Waals surface area contributed by atoms with Crippen molar-refractivity contribution < 1.29 is 28.5 Å². The number of carbonyl (C=O) groups is 2. The molecule has 0 radical (unpaired) electrons. The van der Waals surface area contributed by atoms with Gasteiger partial charge in [-0.2, -0.15) is 0 Å². The Balaban J connectivity index is 1.68. The summed E-state index contributed by atoms with van der Waals surface area (Å²) in [6, 6.07) is 16.9. The fourth-order valence-electron chi connectivity index (χ4n) is 2.79. The first-order chi connectivity index (χ1) is 13.5. The van der Waals surface area contributed by atoms with E-state index in [1.54, 1.807) is 38.1 Å². The molecule has 1 aliphatic heterocycles. The second kappa shape index (κ2) is 8.71. The largest absolute Gasteiger partial charge is 0.510 e. The lowest BCUT2D eigenvalue weighted by Gasteiger charge is -2.33. The van der Waals surface area contributed by atoms with Crippen molar-refractivity contribution in [3.05, 3.63) is 77.9 Å². The van der Waals surface area contributed by atoms with Gasteiger partial charge in [-0.15, -0.1) is 0 Å². The van der Waals surface area contributed by atoms with E-state index in [0.717, 1.165) is 5.56 Å². The highest BCUT2D eigenvalue weighted by Gasteiger charge is 2.40. The van der Waals surface area contributed by atoms with E-state index in [9.17, 15) is 9.59 Å². The number of hydrogen-bond acceptors (Lipinski definition) is 6. The molecule has 6 nitrogen and oxygen atoms in total. The lowest BCUT2D eigenvalue weighted by Crippen LogP contribution is -2.42. The maximum Gasteiger partial charge on any atom is 0.510 e. The molecule has 146 valence electrons. The summed E-state index contributed by atoms with van der Waals surface area (Å²) in [7, 11) is 0. The number of ketones is 1. The van der Waals surface area contributed by atoms with Gasteiger partial charge in [0.15, 0.2) is 11.4 Å². The zero-order valence-electron chi connectivity index (χ0n) is 15.8. The molecule has 0 bridgehead atoms. The van der Waals surface area contributed by atoms with E-state index >= 15 is 0 Å². The van der Waals surface area contributed by atoms with Gasteiger partial charge in [0, 0.05) is 0 Å². The van der Waals surface area contributed by atoms with Crippen LogP contribution in [0, 0.1) is 0 Å². The first-order valence-corrected chi connectivity index (χ1v) is 9.02. The second-order valence-corrected chi connectivity index (χ2v) is 6.34. The highest BCUT2D eigenvalue weighted by Crippen LogP contribution is 2.33. The monoisotopic (exact) mass is 382 g/mol. The molecular weight excluding hydrogens is 360 g/mol. The van der Waals surface area contributed by atoms with Crippen LogP contribution < -0.4 is 4.74 Å². The van der Waals surface area contributed by atoms with Gasteiger partial charge in [0.1, 0.15) is 12.4 Å². The molecule has 0 saturated carbocycles. The molecule has 3 rings (SSSR count). The van der Waals surface area contributed by atoms with Gasteiger partial charge in [-0.25, -0.2) is 4.79 Å². The summed E-state index contributed by atoms with van der Waals surface area (Å²) >= 11 is 0. The third-order valence-corrected chi connectivity index (χ3v) is 4.35. The van der Waals surface area contributed by atoms with Gasteiger partial charge < -0.3 is 18.9 Å². The average molecular weight is 382 g/mol. The molecule has 2 unspecified atom stereocenters. The van der Waals surface area contributed by atoms with Crippen LogP contribution in [0.15, 0.2) is 66.7 Å². The summed E-state index contributed by atoms with van der Waals surface area (Å²) in [5, 5.41) is 0. The standard InChI is InChI=1S/C22H22O6/c1-3-25-21(24)27-20-14-13-19(23)22(2,28-20)17-9-11-18(12-10-17)26-15-16-7-5-4-6-8-16/h4-14,20H,3,15H2,1-2H3. The molecule has 6 heteroatoms. The van der Waals surface area contributed by atoms with Gasteiger partial charge in [-0.05, 0) is 49.3 Å². The van der Waals surface area contributed by atoms with Gasteiger partial charge in [0.05, 0.1) is 6.61 Å². The fraction of sp³-hybridized carbons (Fsp3) is 0.273. The van der Waals surface area contributed by atoms with Gasteiger partial charge >= 0.3 is 6.16 Å². The molecule has 0 aliphatic carbocycles. The smallest absolute Gasteiger partial charge is 0.489 e. The predicted octanol–water partition coefficient (Wildman–Crippen LogP) is 4.14. The molecule has 0 saturated heterocycles. The van der Waals surface area contributed by atoms with Crippen molar-refractivity contribution in [2.75, 3.05) is 6.61 Å². The molecule has 2 aromatic carbocycles. The maximum absolute atomic E-state index is 12.5. The summed E-state index contributed by atoms with van der Waals surface area (Å²) in [6.45, 7) is 3.95. The van der Waals surface area contributed by atoms with Crippen molar-refractivity contribution in [2.45, 2.75) is 32.3 Å². The van der Waals surface area contributed by atoms with Crippen molar-refractivity contribution in [1.29, 1.82) is 0 Å².